The van der Waals surface area contributed by atoms with E-state index in [1.165, 1.54) is 0 Å². The molecule has 31 heavy (non-hydrogen) atoms. The minimum atomic E-state index is -1.55. The lowest BCUT2D eigenvalue weighted by atomic mass is 9.99. The number of carbonyl (C=O) groups excluding carboxylic acids is 1. The zero-order chi connectivity index (χ0) is 23.2. The molecule has 9 heteroatoms. The molecular weight excluding hydrogens is 406 g/mol. The summed E-state index contributed by atoms with van der Waals surface area (Å²) in [6, 6.07) is -0.788. The number of aliphatic hydroxyl groups is 5. The molecule has 7 atom stereocenters. The number of hydrogen-bond acceptors (Lipinski definition) is 8. The van der Waals surface area contributed by atoms with E-state index in [-0.39, 0.29) is 12.5 Å². The van der Waals surface area contributed by atoms with E-state index in [1.807, 2.05) is 6.08 Å². The Morgan fingerprint density at radius 2 is 1.77 bits per heavy atom. The second-order valence-electron chi connectivity index (χ2n) is 8.08. The number of hydrogen-bond donors (Lipinski definition) is 6. The second kappa shape index (κ2) is 15.7. The van der Waals surface area contributed by atoms with Crippen LogP contribution in [0.1, 0.15) is 65.2 Å². The Balaban J connectivity index is 2.71. The van der Waals surface area contributed by atoms with Crippen LogP contribution in [0.3, 0.4) is 0 Å². The molecule has 0 aliphatic carbocycles. The van der Waals surface area contributed by atoms with Crippen molar-refractivity contribution in [1.82, 2.24) is 5.32 Å². The van der Waals surface area contributed by atoms with E-state index < -0.39 is 49.5 Å². The summed E-state index contributed by atoms with van der Waals surface area (Å²) in [5.74, 6) is -0.209. The Kier molecular flexibility index (Phi) is 14.1. The number of nitrogens with one attached hydrogen (secondary N) is 1. The van der Waals surface area contributed by atoms with Crippen molar-refractivity contribution >= 4 is 5.91 Å². The molecule has 0 radical (unpaired) electrons. The average Bonchev–Trinajstić information content (AvgIpc) is 2.76. The normalized spacial score (nSPS) is 28.5. The zero-order valence-electron chi connectivity index (χ0n) is 18.7. The number of rotatable bonds is 15. The van der Waals surface area contributed by atoms with Crippen molar-refractivity contribution in [2.75, 3.05) is 13.2 Å². The Bertz CT molecular complexity index is 516. The van der Waals surface area contributed by atoms with Gasteiger partial charge in [-0.05, 0) is 12.8 Å². The highest BCUT2D eigenvalue weighted by Crippen LogP contribution is 2.22. The summed E-state index contributed by atoms with van der Waals surface area (Å²) in [6.07, 6.45) is 2.43. The van der Waals surface area contributed by atoms with Gasteiger partial charge in [-0.15, -0.1) is 0 Å². The van der Waals surface area contributed by atoms with Crippen molar-refractivity contribution in [3.63, 3.8) is 0 Å². The highest BCUT2D eigenvalue weighted by molar-refractivity contribution is 5.76. The predicted octanol–water partition coefficient (Wildman–Crippen LogP) is 0.365. The summed E-state index contributed by atoms with van der Waals surface area (Å²) < 4.78 is 10.9. The van der Waals surface area contributed by atoms with Gasteiger partial charge in [-0.25, -0.2) is 0 Å². The van der Waals surface area contributed by atoms with Crippen LogP contribution in [0.2, 0.25) is 0 Å². The second-order valence-corrected chi connectivity index (χ2v) is 8.08. The van der Waals surface area contributed by atoms with E-state index >= 15 is 0 Å². The van der Waals surface area contributed by atoms with Crippen LogP contribution in [0.25, 0.3) is 0 Å². The minimum absolute atomic E-state index is 0.192. The van der Waals surface area contributed by atoms with Crippen molar-refractivity contribution in [3.05, 3.63) is 12.2 Å². The van der Waals surface area contributed by atoms with Gasteiger partial charge in [0.15, 0.2) is 6.29 Å². The van der Waals surface area contributed by atoms with Crippen LogP contribution in [0.4, 0.5) is 0 Å². The van der Waals surface area contributed by atoms with E-state index in [9.17, 15) is 30.3 Å². The standard InChI is InChI=1S/C22H41NO8/c1-3-5-7-9-11-16(25)15(23-18(26)12-10-8-6-4-2)14-30-22-21(29)20(28)19(27)17(13-24)31-22/h9,11,15-17,19-22,24-25,27-29H,3-8,10,12-14H2,1-2H3,(H,23,26)/b11-9+. The molecule has 9 nitrogen and oxygen atoms in total. The summed E-state index contributed by atoms with van der Waals surface area (Å²) in [5, 5.41) is 52.5. The van der Waals surface area contributed by atoms with Gasteiger partial charge in [0.1, 0.15) is 24.4 Å². The first-order chi connectivity index (χ1) is 14.8. The molecule has 1 amide bonds. The fourth-order valence-electron chi connectivity index (χ4n) is 3.31. The van der Waals surface area contributed by atoms with Crippen molar-refractivity contribution in [2.24, 2.45) is 0 Å². The summed E-state index contributed by atoms with van der Waals surface area (Å²) >= 11 is 0. The third kappa shape index (κ3) is 9.95. The summed E-state index contributed by atoms with van der Waals surface area (Å²) in [4.78, 5) is 12.3. The van der Waals surface area contributed by atoms with Gasteiger partial charge in [-0.2, -0.15) is 0 Å². The van der Waals surface area contributed by atoms with E-state index in [0.717, 1.165) is 44.9 Å². The van der Waals surface area contributed by atoms with Gasteiger partial charge < -0.3 is 40.3 Å². The largest absolute Gasteiger partial charge is 0.394 e. The maximum Gasteiger partial charge on any atom is 0.220 e. The van der Waals surface area contributed by atoms with Crippen molar-refractivity contribution in [2.45, 2.75) is 108 Å². The fourth-order valence-corrected chi connectivity index (χ4v) is 3.31. The molecule has 1 rings (SSSR count). The van der Waals surface area contributed by atoms with Gasteiger partial charge in [0.05, 0.1) is 25.4 Å². The molecule has 1 saturated heterocycles. The SMILES string of the molecule is CCCC/C=C/C(O)C(COC1OC(CO)C(O)C(O)C1O)NC(=O)CCCCCC. The number of carbonyl (C=O) groups is 1. The van der Waals surface area contributed by atoms with Crippen molar-refractivity contribution < 1.29 is 39.8 Å². The van der Waals surface area contributed by atoms with Gasteiger partial charge in [0.2, 0.25) is 5.91 Å². The van der Waals surface area contributed by atoms with Crippen molar-refractivity contribution in [3.8, 4) is 0 Å². The minimum Gasteiger partial charge on any atom is -0.394 e. The van der Waals surface area contributed by atoms with Crippen LogP contribution in [0.15, 0.2) is 12.2 Å². The third-order valence-corrected chi connectivity index (χ3v) is 5.36. The zero-order valence-corrected chi connectivity index (χ0v) is 18.7. The Hall–Kier alpha value is -1.07. The van der Waals surface area contributed by atoms with E-state index in [2.05, 4.69) is 19.2 Å². The van der Waals surface area contributed by atoms with Crippen LogP contribution >= 0.6 is 0 Å². The van der Waals surface area contributed by atoms with Crippen LogP contribution < -0.4 is 5.32 Å². The van der Waals surface area contributed by atoms with Gasteiger partial charge in [0.25, 0.3) is 0 Å². The monoisotopic (exact) mass is 447 g/mol. The molecule has 0 aromatic carbocycles. The predicted molar refractivity (Wildman–Crippen MR) is 115 cm³/mol. The van der Waals surface area contributed by atoms with Crippen LogP contribution in [0, 0.1) is 0 Å². The highest BCUT2D eigenvalue weighted by Gasteiger charge is 2.44. The maximum absolute atomic E-state index is 12.3. The molecule has 1 heterocycles. The van der Waals surface area contributed by atoms with Gasteiger partial charge in [-0.3, -0.25) is 4.79 Å². The van der Waals surface area contributed by atoms with Crippen LogP contribution in [-0.4, -0.2) is 87.5 Å². The van der Waals surface area contributed by atoms with Gasteiger partial charge >= 0.3 is 0 Å². The first kappa shape index (κ1) is 28.0. The summed E-state index contributed by atoms with van der Waals surface area (Å²) in [5.41, 5.74) is 0. The van der Waals surface area contributed by atoms with Crippen LogP contribution in [-0.2, 0) is 14.3 Å². The molecule has 1 aliphatic rings. The Labute approximate surface area is 185 Å². The molecule has 182 valence electrons. The number of allylic oxidation sites excluding steroid dienone is 1. The number of amides is 1. The number of aliphatic hydroxyl groups excluding tert-OH is 5. The summed E-state index contributed by atoms with van der Waals surface area (Å²) in [7, 11) is 0. The molecular formula is C22H41NO8. The molecule has 0 bridgehead atoms. The molecule has 0 aromatic heterocycles. The van der Waals surface area contributed by atoms with Gasteiger partial charge in [-0.1, -0.05) is 58.1 Å². The topological polar surface area (TPSA) is 149 Å². The lowest BCUT2D eigenvalue weighted by Gasteiger charge is -2.40. The number of unbranched alkanes of at least 4 members (excludes halogenated alkanes) is 5. The molecule has 7 unspecified atom stereocenters. The molecule has 0 saturated carbocycles. The molecule has 0 spiro atoms. The smallest absolute Gasteiger partial charge is 0.220 e. The van der Waals surface area contributed by atoms with E-state index in [0.29, 0.717) is 6.42 Å². The third-order valence-electron chi connectivity index (χ3n) is 5.36. The Morgan fingerprint density at radius 3 is 2.42 bits per heavy atom. The molecule has 6 N–H and O–H groups in total. The van der Waals surface area contributed by atoms with Gasteiger partial charge in [0, 0.05) is 6.42 Å². The molecule has 1 aliphatic heterocycles. The fraction of sp³-hybridized carbons (Fsp3) is 0.864. The Morgan fingerprint density at radius 1 is 1.06 bits per heavy atom. The lowest BCUT2D eigenvalue weighted by molar-refractivity contribution is -0.302. The highest BCUT2D eigenvalue weighted by atomic mass is 16.7. The average molecular weight is 448 g/mol. The van der Waals surface area contributed by atoms with Crippen molar-refractivity contribution in [1.29, 1.82) is 0 Å². The van der Waals surface area contributed by atoms with E-state index in [4.69, 9.17) is 9.47 Å². The molecule has 1 fully saturated rings. The first-order valence-electron chi connectivity index (χ1n) is 11.4. The lowest BCUT2D eigenvalue weighted by Crippen LogP contribution is -2.60. The maximum atomic E-state index is 12.3. The van der Waals surface area contributed by atoms with Crippen LogP contribution in [0.5, 0.6) is 0 Å². The molecule has 0 aromatic rings. The number of ether oxygens (including phenoxy) is 2. The summed E-state index contributed by atoms with van der Waals surface area (Å²) in [6.45, 7) is 3.40. The van der Waals surface area contributed by atoms with E-state index in [1.54, 1.807) is 6.08 Å². The first-order valence-corrected chi connectivity index (χ1v) is 11.4. The quantitative estimate of drug-likeness (QED) is 0.156.